The molecule has 1 aromatic carbocycles. The SMILES string of the molecule is Clc1nnc(Cl)c(Nc2cc(Cl)c(Cl)cc2Cl)n1. The molecule has 0 amide bonds. The van der Waals surface area contributed by atoms with Crippen LogP contribution in [0, 0.1) is 0 Å². The van der Waals surface area contributed by atoms with Gasteiger partial charge >= 0.3 is 0 Å². The van der Waals surface area contributed by atoms with E-state index in [0.717, 1.165) is 0 Å². The summed E-state index contributed by atoms with van der Waals surface area (Å²) in [5.41, 5.74) is 0.476. The summed E-state index contributed by atoms with van der Waals surface area (Å²) in [5.74, 6) is 0.219. The van der Waals surface area contributed by atoms with Gasteiger partial charge in [-0.05, 0) is 23.7 Å². The maximum absolute atomic E-state index is 6.00. The molecule has 2 aromatic rings. The molecule has 0 bridgehead atoms. The molecule has 9 heteroatoms. The minimum absolute atomic E-state index is 0.0434. The van der Waals surface area contributed by atoms with Gasteiger partial charge in [-0.1, -0.05) is 46.4 Å². The maximum Gasteiger partial charge on any atom is 0.245 e. The van der Waals surface area contributed by atoms with E-state index >= 15 is 0 Å². The molecule has 0 aliphatic carbocycles. The van der Waals surface area contributed by atoms with Crippen molar-refractivity contribution in [2.24, 2.45) is 0 Å². The Morgan fingerprint density at radius 2 is 1.50 bits per heavy atom. The van der Waals surface area contributed by atoms with Gasteiger partial charge in [0.15, 0.2) is 11.0 Å². The quantitative estimate of drug-likeness (QED) is 0.789. The monoisotopic (exact) mass is 342 g/mol. The fourth-order valence-corrected chi connectivity index (χ4v) is 1.96. The van der Waals surface area contributed by atoms with Crippen LogP contribution < -0.4 is 5.32 Å². The number of hydrogen-bond acceptors (Lipinski definition) is 4. The van der Waals surface area contributed by atoms with Crippen LogP contribution in [0.2, 0.25) is 25.5 Å². The highest BCUT2D eigenvalue weighted by molar-refractivity contribution is 6.44. The summed E-state index contributed by atoms with van der Waals surface area (Å²) < 4.78 is 0. The van der Waals surface area contributed by atoms with Gasteiger partial charge in [-0.15, -0.1) is 10.2 Å². The van der Waals surface area contributed by atoms with Crippen LogP contribution >= 0.6 is 58.0 Å². The number of hydrogen-bond donors (Lipinski definition) is 1. The van der Waals surface area contributed by atoms with Crippen molar-refractivity contribution in [3.05, 3.63) is 37.6 Å². The minimum atomic E-state index is -0.0434. The summed E-state index contributed by atoms with van der Waals surface area (Å²) in [6.45, 7) is 0. The molecule has 0 aliphatic heterocycles. The molecule has 94 valence electrons. The van der Waals surface area contributed by atoms with Gasteiger partial charge in [-0.2, -0.15) is 4.98 Å². The zero-order valence-electron chi connectivity index (χ0n) is 8.39. The number of benzene rings is 1. The first-order valence-electron chi connectivity index (χ1n) is 4.44. The van der Waals surface area contributed by atoms with Crippen LogP contribution in [0.25, 0.3) is 0 Å². The molecule has 0 fully saturated rings. The molecule has 0 saturated heterocycles. The molecule has 18 heavy (non-hydrogen) atoms. The highest BCUT2D eigenvalue weighted by Gasteiger charge is 2.10. The Balaban J connectivity index is 2.40. The van der Waals surface area contributed by atoms with E-state index in [9.17, 15) is 0 Å². The standard InChI is InChI=1S/C9H3Cl5N4/c10-3-1-5(12)6(2-4(3)11)15-8-7(13)17-18-9(14)16-8/h1-2H,(H,15,16,18). The van der Waals surface area contributed by atoms with Crippen molar-refractivity contribution < 1.29 is 0 Å². The van der Waals surface area contributed by atoms with Crippen LogP contribution in [0.5, 0.6) is 0 Å². The van der Waals surface area contributed by atoms with E-state index < -0.39 is 0 Å². The Kier molecular flexibility index (Phi) is 4.35. The van der Waals surface area contributed by atoms with Crippen molar-refractivity contribution in [1.82, 2.24) is 15.2 Å². The lowest BCUT2D eigenvalue weighted by molar-refractivity contribution is 0.975. The molecule has 0 saturated carbocycles. The predicted octanol–water partition coefficient (Wildman–Crippen LogP) is 4.88. The Bertz CT molecular complexity index is 604. The first-order valence-corrected chi connectivity index (χ1v) is 6.33. The Hall–Kier alpha value is -0.520. The van der Waals surface area contributed by atoms with Crippen molar-refractivity contribution >= 4 is 69.5 Å². The summed E-state index contributed by atoms with van der Waals surface area (Å²) >= 11 is 29.1. The van der Waals surface area contributed by atoms with Crippen LogP contribution in [0.15, 0.2) is 12.1 Å². The van der Waals surface area contributed by atoms with E-state index in [2.05, 4.69) is 20.5 Å². The summed E-state index contributed by atoms with van der Waals surface area (Å²) in [5, 5.41) is 11.0. The lowest BCUT2D eigenvalue weighted by Crippen LogP contribution is -1.99. The van der Waals surface area contributed by atoms with Gasteiger partial charge in [-0.3, -0.25) is 0 Å². The molecule has 1 aromatic heterocycles. The van der Waals surface area contributed by atoms with Crippen LogP contribution in [-0.4, -0.2) is 15.2 Å². The highest BCUT2D eigenvalue weighted by Crippen LogP contribution is 2.34. The molecule has 4 nitrogen and oxygen atoms in total. The Morgan fingerprint density at radius 3 is 2.22 bits per heavy atom. The second-order valence-corrected chi connectivity index (χ2v) is 5.01. The van der Waals surface area contributed by atoms with Gasteiger partial charge in [0.2, 0.25) is 5.28 Å². The van der Waals surface area contributed by atoms with Crippen molar-refractivity contribution in [3.8, 4) is 0 Å². The van der Waals surface area contributed by atoms with E-state index in [1.54, 1.807) is 6.07 Å². The lowest BCUT2D eigenvalue weighted by Gasteiger charge is -2.09. The van der Waals surface area contributed by atoms with Gasteiger partial charge in [-0.25, -0.2) is 0 Å². The summed E-state index contributed by atoms with van der Waals surface area (Å²) in [7, 11) is 0. The van der Waals surface area contributed by atoms with Gasteiger partial charge in [0, 0.05) is 0 Å². The topological polar surface area (TPSA) is 50.7 Å². The van der Waals surface area contributed by atoms with Gasteiger partial charge in [0.25, 0.3) is 0 Å². The lowest BCUT2D eigenvalue weighted by atomic mass is 10.3. The number of halogens is 5. The highest BCUT2D eigenvalue weighted by atomic mass is 35.5. The third kappa shape index (κ3) is 3.08. The molecule has 0 radical (unpaired) electrons. The predicted molar refractivity (Wildman–Crippen MR) is 74.6 cm³/mol. The summed E-state index contributed by atoms with van der Waals surface area (Å²) in [6.07, 6.45) is 0. The van der Waals surface area contributed by atoms with E-state index in [-0.39, 0.29) is 16.3 Å². The average Bonchev–Trinajstić information content (AvgIpc) is 2.30. The number of rotatable bonds is 2. The number of nitrogens with zero attached hydrogens (tertiary/aromatic N) is 3. The van der Waals surface area contributed by atoms with Crippen molar-refractivity contribution in [2.45, 2.75) is 0 Å². The minimum Gasteiger partial charge on any atom is -0.336 e. The first kappa shape index (κ1) is 13.9. The zero-order valence-corrected chi connectivity index (χ0v) is 12.2. The molecular formula is C9H3Cl5N4. The van der Waals surface area contributed by atoms with Crippen LogP contribution in [-0.2, 0) is 0 Å². The maximum atomic E-state index is 6.00. The van der Waals surface area contributed by atoms with Crippen molar-refractivity contribution in [3.63, 3.8) is 0 Å². The first-order chi connectivity index (χ1) is 8.47. The average molecular weight is 344 g/mol. The van der Waals surface area contributed by atoms with Crippen LogP contribution in [0.1, 0.15) is 0 Å². The third-order valence-electron chi connectivity index (χ3n) is 1.88. The van der Waals surface area contributed by atoms with E-state index in [4.69, 9.17) is 58.0 Å². The molecule has 1 heterocycles. The van der Waals surface area contributed by atoms with Gasteiger partial charge in [0.1, 0.15) is 0 Å². The largest absolute Gasteiger partial charge is 0.336 e. The Labute approximate surface area is 127 Å². The second-order valence-electron chi connectivity index (χ2n) is 3.09. The number of aromatic nitrogens is 3. The van der Waals surface area contributed by atoms with Gasteiger partial charge in [0.05, 0.1) is 20.8 Å². The molecule has 1 N–H and O–H groups in total. The summed E-state index contributed by atoms with van der Waals surface area (Å²) in [6, 6.07) is 3.04. The van der Waals surface area contributed by atoms with E-state index in [1.807, 2.05) is 0 Å². The molecule has 0 atom stereocenters. The van der Waals surface area contributed by atoms with Crippen molar-refractivity contribution in [2.75, 3.05) is 5.32 Å². The number of anilines is 2. The van der Waals surface area contributed by atoms with Crippen LogP contribution in [0.3, 0.4) is 0 Å². The molecular weight excluding hydrogens is 341 g/mol. The molecule has 0 unspecified atom stereocenters. The third-order valence-corrected chi connectivity index (χ3v) is 3.33. The zero-order chi connectivity index (χ0) is 13.3. The van der Waals surface area contributed by atoms with Crippen molar-refractivity contribution in [1.29, 1.82) is 0 Å². The molecule has 2 rings (SSSR count). The fourth-order valence-electron chi connectivity index (χ4n) is 1.12. The van der Waals surface area contributed by atoms with E-state index in [0.29, 0.717) is 20.8 Å². The van der Waals surface area contributed by atoms with Gasteiger partial charge < -0.3 is 5.32 Å². The smallest absolute Gasteiger partial charge is 0.245 e. The number of nitrogens with one attached hydrogen (secondary N) is 1. The molecule has 0 spiro atoms. The fraction of sp³-hybridized carbons (Fsp3) is 0. The van der Waals surface area contributed by atoms with E-state index in [1.165, 1.54) is 6.07 Å². The Morgan fingerprint density at radius 1 is 0.833 bits per heavy atom. The second kappa shape index (κ2) is 5.63. The molecule has 0 aliphatic rings. The summed E-state index contributed by atoms with van der Waals surface area (Å²) in [4.78, 5) is 3.88. The van der Waals surface area contributed by atoms with Crippen LogP contribution in [0.4, 0.5) is 11.5 Å². The normalized spacial score (nSPS) is 10.5.